The Hall–Kier alpha value is -1.97. The molecule has 2 aliphatic carbocycles. The van der Waals surface area contributed by atoms with Crippen molar-refractivity contribution in [3.05, 3.63) is 77.1 Å². The minimum atomic E-state index is -1.62. The molecule has 0 aromatic carbocycles. The number of aliphatic hydroxyl groups excluding tert-OH is 1. The molecule has 40 heavy (non-hydrogen) atoms. The Bertz CT molecular complexity index is 810. The maximum Gasteiger partial charge on any atom is 0.287 e. The quantitative estimate of drug-likeness (QED) is 0.156. The maximum absolute atomic E-state index is 11.3. The third-order valence-electron chi connectivity index (χ3n) is 4.71. The van der Waals surface area contributed by atoms with Crippen LogP contribution >= 0.6 is 0 Å². The summed E-state index contributed by atoms with van der Waals surface area (Å²) < 4.78 is 32.5. The smallest absolute Gasteiger partial charge is 0.287 e. The molecule has 2 rings (SSSR count). The van der Waals surface area contributed by atoms with E-state index >= 15 is 0 Å². The van der Waals surface area contributed by atoms with Crippen LogP contribution in [0.15, 0.2) is 59.3 Å². The second-order valence-corrected chi connectivity index (χ2v) is 8.28. The molecule has 0 spiro atoms. The number of esters is 2. The van der Waals surface area contributed by atoms with Crippen molar-refractivity contribution in [2.24, 2.45) is 0 Å². The number of hydrogen-bond donors (Lipinski definition) is 1. The van der Waals surface area contributed by atoms with E-state index in [1.165, 1.54) is 19.9 Å². The van der Waals surface area contributed by atoms with E-state index in [-0.39, 0.29) is 39.6 Å². The van der Waals surface area contributed by atoms with Gasteiger partial charge in [0.1, 0.15) is 13.2 Å². The first kappa shape index (κ1) is 45.0. The first-order valence-electron chi connectivity index (χ1n) is 13.0. The summed E-state index contributed by atoms with van der Waals surface area (Å²) in [6.45, 7) is 9.08. The molecule has 2 aliphatic rings. The number of carbonyl (C=O) groups excluding carboxylic acids is 2. The van der Waals surface area contributed by atoms with Crippen LogP contribution in [0.3, 0.4) is 0 Å². The van der Waals surface area contributed by atoms with Gasteiger partial charge in [0.2, 0.25) is 0 Å². The van der Waals surface area contributed by atoms with Gasteiger partial charge in [-0.05, 0) is 62.3 Å². The van der Waals surface area contributed by atoms with E-state index in [1.54, 1.807) is 6.92 Å². The SMILES string of the molecule is C/C(=C\C[C-](F)F)CO.CC.C[C@H]([NH-])C(=O)OCC1=CCCC=C1.C[C@H]([NH-])C(=O)OCC1=CCCCC=C1.O.[Pt]. The van der Waals surface area contributed by atoms with Crippen molar-refractivity contribution in [2.45, 2.75) is 85.2 Å². The van der Waals surface area contributed by atoms with Gasteiger partial charge >= 0.3 is 0 Å². The third-order valence-corrected chi connectivity index (χ3v) is 4.71. The minimum absolute atomic E-state index is 0. The molecule has 0 amide bonds. The van der Waals surface area contributed by atoms with Gasteiger partial charge in [-0.15, -0.1) is 12.5 Å². The van der Waals surface area contributed by atoms with Crippen molar-refractivity contribution in [2.75, 3.05) is 19.8 Å². The zero-order valence-electron chi connectivity index (χ0n) is 24.2. The zero-order valence-corrected chi connectivity index (χ0v) is 26.5. The molecule has 11 heteroatoms. The van der Waals surface area contributed by atoms with Gasteiger partial charge in [-0.2, -0.15) is 0 Å². The van der Waals surface area contributed by atoms with E-state index in [0.717, 1.165) is 43.3 Å². The van der Waals surface area contributed by atoms with Crippen LogP contribution in [0, 0.1) is 6.43 Å². The predicted molar refractivity (Wildman–Crippen MR) is 153 cm³/mol. The van der Waals surface area contributed by atoms with E-state index in [1.807, 2.05) is 26.0 Å². The van der Waals surface area contributed by atoms with Crippen LogP contribution in [0.1, 0.15) is 73.1 Å². The number of ether oxygens (including phenoxy) is 2. The molecule has 0 aromatic rings. The largest absolute Gasteiger partial charge is 0.666 e. The van der Waals surface area contributed by atoms with Gasteiger partial charge in [-0.25, -0.2) is 0 Å². The summed E-state index contributed by atoms with van der Waals surface area (Å²) in [7, 11) is 0. The molecule has 0 saturated carbocycles. The maximum atomic E-state index is 11.3. The van der Waals surface area contributed by atoms with Gasteiger partial charge in [0.25, 0.3) is 11.9 Å². The van der Waals surface area contributed by atoms with Crippen molar-refractivity contribution in [1.82, 2.24) is 0 Å². The summed E-state index contributed by atoms with van der Waals surface area (Å²) in [6.07, 6.45) is 17.0. The van der Waals surface area contributed by atoms with E-state index in [4.69, 9.17) is 26.0 Å². The second kappa shape index (κ2) is 30.0. The zero-order chi connectivity index (χ0) is 29.3. The number of aliphatic hydroxyl groups is 1. The standard InChI is InChI=1S/C11H16NO2.C10H14NO2.C6H9F2O.C2H6.H2O.Pt/c1-9(12)11(13)14-8-10-6-4-2-3-5-7-10;1-8(11)10(12)13-7-9-5-3-2-4-6-9;1-5(4-9)2-3-6(7)8;1-2;;/h4,6-7,9,12H,2-3,5,8H2,1H3;3,5-6,8,11H,2,4,7H2,1H3;2,9H,3-4H2,1H3;1-2H3;1H2;/q3*-1;;;/b;;5-2+;;;/t9-;8-;;;;/m00..../s1. The number of carbonyl (C=O) groups is 2. The molecule has 0 fully saturated rings. The van der Waals surface area contributed by atoms with Gasteiger partial charge in [-0.3, -0.25) is 9.59 Å². The summed E-state index contributed by atoms with van der Waals surface area (Å²) in [5.41, 5.74) is 16.9. The van der Waals surface area contributed by atoms with Crippen molar-refractivity contribution < 1.29 is 59.5 Å². The molecule has 236 valence electrons. The van der Waals surface area contributed by atoms with Crippen molar-refractivity contribution in [1.29, 1.82) is 0 Å². The monoisotopic (exact) mass is 752 g/mol. The van der Waals surface area contributed by atoms with Crippen LogP contribution in [0.5, 0.6) is 0 Å². The van der Waals surface area contributed by atoms with E-state index in [9.17, 15) is 18.4 Å². The molecule has 0 radical (unpaired) electrons. The fourth-order valence-electron chi connectivity index (χ4n) is 2.58. The summed E-state index contributed by atoms with van der Waals surface area (Å²) in [4.78, 5) is 21.9. The Morgan fingerprint density at radius 1 is 0.950 bits per heavy atom. The third kappa shape index (κ3) is 27.6. The molecule has 5 N–H and O–H groups in total. The summed E-state index contributed by atoms with van der Waals surface area (Å²) in [5.74, 6) is -0.913. The van der Waals surface area contributed by atoms with Crippen LogP contribution in [0.25, 0.3) is 11.5 Å². The van der Waals surface area contributed by atoms with Crippen LogP contribution in [0.2, 0.25) is 0 Å². The van der Waals surface area contributed by atoms with Gasteiger partial charge in [-0.1, -0.05) is 69.7 Å². The van der Waals surface area contributed by atoms with Crippen molar-refractivity contribution >= 4 is 11.9 Å². The molecule has 8 nitrogen and oxygen atoms in total. The van der Waals surface area contributed by atoms with E-state index in [0.29, 0.717) is 18.8 Å². The van der Waals surface area contributed by atoms with E-state index in [2.05, 4.69) is 24.3 Å². The van der Waals surface area contributed by atoms with Crippen LogP contribution in [-0.4, -0.2) is 54.4 Å². The van der Waals surface area contributed by atoms with Gasteiger partial charge in [0, 0.05) is 27.5 Å². The normalized spacial score (nSPS) is 15.2. The van der Waals surface area contributed by atoms with Gasteiger partial charge in [0.15, 0.2) is 0 Å². The number of allylic oxidation sites excluding steroid dienone is 5. The van der Waals surface area contributed by atoms with Gasteiger partial charge in [0.05, 0.1) is 6.61 Å². The average Bonchev–Trinajstić information content (AvgIpc) is 3.20. The Morgan fingerprint density at radius 3 is 1.80 bits per heavy atom. The topological polar surface area (TPSA) is 152 Å². The molecular weight excluding hydrogens is 705 g/mol. The fourth-order valence-corrected chi connectivity index (χ4v) is 2.58. The molecule has 0 unspecified atom stereocenters. The summed E-state index contributed by atoms with van der Waals surface area (Å²) in [6, 6.07) is -1.57. The first-order chi connectivity index (χ1) is 18.1. The van der Waals surface area contributed by atoms with Gasteiger partial charge < -0.3 is 40.3 Å². The first-order valence-corrected chi connectivity index (χ1v) is 13.0. The number of halogens is 2. The molecule has 0 heterocycles. The predicted octanol–water partition coefficient (Wildman–Crippen LogP) is 6.83. The molecule has 0 aromatic heterocycles. The Balaban J connectivity index is -0.000000235. The van der Waals surface area contributed by atoms with Crippen LogP contribution < -0.4 is 0 Å². The number of hydrogen-bond acceptors (Lipinski definition) is 5. The Labute approximate surface area is 253 Å². The van der Waals surface area contributed by atoms with Crippen molar-refractivity contribution in [3.8, 4) is 0 Å². The van der Waals surface area contributed by atoms with Crippen LogP contribution in [-0.2, 0) is 40.1 Å². The molecular formula is C29H47F2N2O6Pt-3. The average molecular weight is 753 g/mol. The number of nitrogens with one attached hydrogen (secondary N) is 2. The molecule has 0 bridgehead atoms. The minimum Gasteiger partial charge on any atom is -0.666 e. The van der Waals surface area contributed by atoms with Crippen molar-refractivity contribution in [3.63, 3.8) is 0 Å². The molecule has 0 saturated heterocycles. The van der Waals surface area contributed by atoms with E-state index < -0.39 is 30.4 Å². The summed E-state index contributed by atoms with van der Waals surface area (Å²) in [5, 5.41) is 8.33. The molecule has 0 aliphatic heterocycles. The number of rotatable bonds is 9. The second-order valence-electron chi connectivity index (χ2n) is 8.28. The molecule has 2 atom stereocenters. The Kier molecular flexibility index (Phi) is 33.8. The fraction of sp³-hybridized carbons (Fsp3) is 0.552. The Morgan fingerprint density at radius 2 is 1.40 bits per heavy atom. The summed E-state index contributed by atoms with van der Waals surface area (Å²) >= 11 is 0. The van der Waals surface area contributed by atoms with Crippen LogP contribution in [0.4, 0.5) is 8.78 Å².